The number of nitro benzene ring substituents is 1. The summed E-state index contributed by atoms with van der Waals surface area (Å²) in [6.07, 6.45) is 0. The number of thiophene rings is 1. The van der Waals surface area contributed by atoms with E-state index < -0.39 is 10.8 Å². The Morgan fingerprint density at radius 2 is 1.78 bits per heavy atom. The highest BCUT2D eigenvalue weighted by Crippen LogP contribution is 2.33. The van der Waals surface area contributed by atoms with Crippen LogP contribution in [0.3, 0.4) is 0 Å². The minimum Gasteiger partial charge on any atom is -0.326 e. The Hall–Kier alpha value is -3.52. The lowest BCUT2D eigenvalue weighted by atomic mass is 10.1. The fraction of sp³-hybridized carbons (Fsp3) is 0.0526. The van der Waals surface area contributed by atoms with Gasteiger partial charge in [-0.05, 0) is 53.4 Å². The molecular weight excluding hydrogens is 366 g/mol. The van der Waals surface area contributed by atoms with Crippen LogP contribution in [-0.4, -0.2) is 16.7 Å². The maximum Gasteiger partial charge on any atom is 0.292 e. The number of amides is 2. The number of hydrogen-bond acceptors (Lipinski definition) is 5. The molecule has 1 aromatic heterocycles. The van der Waals surface area contributed by atoms with E-state index in [1.807, 2.05) is 17.5 Å². The smallest absolute Gasteiger partial charge is 0.292 e. The van der Waals surface area contributed by atoms with E-state index in [1.54, 1.807) is 24.3 Å². The molecule has 7 nitrogen and oxygen atoms in total. The second kappa shape index (κ2) is 7.79. The fourth-order valence-corrected chi connectivity index (χ4v) is 3.22. The van der Waals surface area contributed by atoms with Gasteiger partial charge < -0.3 is 10.6 Å². The average Bonchev–Trinajstić information content (AvgIpc) is 3.16. The quantitative estimate of drug-likeness (QED) is 0.500. The number of nitrogens with zero attached hydrogens (tertiary/aromatic N) is 1. The van der Waals surface area contributed by atoms with Crippen molar-refractivity contribution in [2.45, 2.75) is 6.92 Å². The summed E-state index contributed by atoms with van der Waals surface area (Å²) >= 11 is 1.50. The largest absolute Gasteiger partial charge is 0.326 e. The highest BCUT2D eigenvalue weighted by molar-refractivity contribution is 7.13. The van der Waals surface area contributed by atoms with Gasteiger partial charge in [-0.15, -0.1) is 11.3 Å². The van der Waals surface area contributed by atoms with Gasteiger partial charge in [0.25, 0.3) is 11.6 Å². The molecule has 0 saturated heterocycles. The minimum atomic E-state index is -0.534. The number of rotatable bonds is 5. The van der Waals surface area contributed by atoms with Crippen molar-refractivity contribution in [1.29, 1.82) is 0 Å². The highest BCUT2D eigenvalue weighted by atomic mass is 32.1. The first kappa shape index (κ1) is 18.3. The zero-order chi connectivity index (χ0) is 19.4. The van der Waals surface area contributed by atoms with E-state index in [4.69, 9.17) is 0 Å². The molecule has 0 atom stereocenters. The summed E-state index contributed by atoms with van der Waals surface area (Å²) in [4.78, 5) is 35.3. The van der Waals surface area contributed by atoms with E-state index in [0.717, 1.165) is 10.4 Å². The zero-order valence-electron chi connectivity index (χ0n) is 14.3. The number of carbonyl (C=O) groups is 2. The average molecular weight is 381 g/mol. The molecule has 0 radical (unpaired) electrons. The molecule has 136 valence electrons. The van der Waals surface area contributed by atoms with Crippen molar-refractivity contribution in [2.75, 3.05) is 10.6 Å². The van der Waals surface area contributed by atoms with Crippen LogP contribution in [0.1, 0.15) is 17.3 Å². The van der Waals surface area contributed by atoms with Crippen LogP contribution < -0.4 is 10.6 Å². The minimum absolute atomic E-state index is 0.127. The Kier molecular flexibility index (Phi) is 5.28. The van der Waals surface area contributed by atoms with Crippen molar-refractivity contribution >= 4 is 40.2 Å². The number of benzene rings is 2. The summed E-state index contributed by atoms with van der Waals surface area (Å²) in [7, 11) is 0. The van der Waals surface area contributed by atoms with Gasteiger partial charge >= 0.3 is 0 Å². The van der Waals surface area contributed by atoms with Gasteiger partial charge in [-0.3, -0.25) is 19.7 Å². The van der Waals surface area contributed by atoms with E-state index in [1.165, 1.54) is 36.5 Å². The van der Waals surface area contributed by atoms with Gasteiger partial charge in [0.1, 0.15) is 5.69 Å². The summed E-state index contributed by atoms with van der Waals surface area (Å²) in [5.74, 6) is -0.691. The first-order valence-corrected chi connectivity index (χ1v) is 8.83. The van der Waals surface area contributed by atoms with Crippen molar-refractivity contribution in [1.82, 2.24) is 0 Å². The molecule has 3 rings (SSSR count). The molecule has 1 heterocycles. The van der Waals surface area contributed by atoms with Gasteiger partial charge in [0, 0.05) is 29.1 Å². The molecule has 0 fully saturated rings. The number of nitro groups is 1. The van der Waals surface area contributed by atoms with Gasteiger partial charge in [0.2, 0.25) is 5.91 Å². The molecule has 0 aliphatic carbocycles. The topological polar surface area (TPSA) is 101 Å². The third-order valence-corrected chi connectivity index (χ3v) is 4.63. The molecule has 2 N–H and O–H groups in total. The Morgan fingerprint density at radius 1 is 1.04 bits per heavy atom. The van der Waals surface area contributed by atoms with Gasteiger partial charge in [-0.2, -0.15) is 0 Å². The van der Waals surface area contributed by atoms with Crippen molar-refractivity contribution in [3.05, 3.63) is 75.7 Å². The van der Waals surface area contributed by atoms with E-state index in [9.17, 15) is 19.7 Å². The third kappa shape index (κ3) is 4.36. The molecular formula is C19H15N3O4S. The fourth-order valence-electron chi connectivity index (χ4n) is 2.49. The van der Waals surface area contributed by atoms with Crippen molar-refractivity contribution in [3.8, 4) is 10.4 Å². The third-order valence-electron chi connectivity index (χ3n) is 3.71. The van der Waals surface area contributed by atoms with E-state index in [0.29, 0.717) is 11.3 Å². The summed E-state index contributed by atoms with van der Waals surface area (Å²) in [6.45, 7) is 1.39. The number of nitrogens with one attached hydrogen (secondary N) is 2. The van der Waals surface area contributed by atoms with Crippen molar-refractivity contribution < 1.29 is 14.5 Å². The number of carbonyl (C=O) groups excluding carboxylic acids is 2. The SMILES string of the molecule is CC(=O)Nc1ccc(C(=O)Nc2cc(-c3cccs3)ccc2[N+](=O)[O-])cc1. The predicted octanol–water partition coefficient (Wildman–Crippen LogP) is 4.53. The molecule has 0 bridgehead atoms. The van der Waals surface area contributed by atoms with Gasteiger partial charge in [-0.25, -0.2) is 0 Å². The molecule has 27 heavy (non-hydrogen) atoms. The Balaban J connectivity index is 1.86. The van der Waals surface area contributed by atoms with Gasteiger partial charge in [0.15, 0.2) is 0 Å². The molecule has 8 heteroatoms. The molecule has 0 aliphatic rings. The summed E-state index contributed by atoms with van der Waals surface area (Å²) in [5, 5.41) is 18.4. The Labute approximate surface area is 158 Å². The van der Waals surface area contributed by atoms with Gasteiger partial charge in [-0.1, -0.05) is 6.07 Å². The van der Waals surface area contributed by atoms with Crippen LogP contribution >= 0.6 is 11.3 Å². The zero-order valence-corrected chi connectivity index (χ0v) is 15.1. The summed E-state index contributed by atoms with van der Waals surface area (Å²) < 4.78 is 0. The number of anilines is 2. The van der Waals surface area contributed by atoms with E-state index in [2.05, 4.69) is 10.6 Å². The van der Waals surface area contributed by atoms with E-state index >= 15 is 0 Å². The number of hydrogen-bond donors (Lipinski definition) is 2. The van der Waals surface area contributed by atoms with Crippen LogP contribution in [-0.2, 0) is 4.79 Å². The van der Waals surface area contributed by atoms with Crippen molar-refractivity contribution in [2.24, 2.45) is 0 Å². The van der Waals surface area contributed by atoms with E-state index in [-0.39, 0.29) is 17.3 Å². The van der Waals surface area contributed by atoms with Crippen LogP contribution in [0, 0.1) is 10.1 Å². The second-order valence-corrected chi connectivity index (χ2v) is 6.63. The summed E-state index contributed by atoms with van der Waals surface area (Å²) in [5.41, 5.74) is 1.61. The first-order chi connectivity index (χ1) is 12.9. The van der Waals surface area contributed by atoms with Crippen LogP contribution in [0.15, 0.2) is 60.0 Å². The lowest BCUT2D eigenvalue weighted by molar-refractivity contribution is -0.383. The standard InChI is InChI=1S/C19H15N3O4S/c1-12(23)20-15-7-4-13(5-8-15)19(24)21-16-11-14(18-3-2-10-27-18)6-9-17(16)22(25)26/h2-11H,1H3,(H,20,23)(H,21,24). The second-order valence-electron chi connectivity index (χ2n) is 5.68. The normalized spacial score (nSPS) is 10.3. The molecule has 0 unspecified atom stereocenters. The predicted molar refractivity (Wildman–Crippen MR) is 105 cm³/mol. The molecule has 0 saturated carbocycles. The monoisotopic (exact) mass is 381 g/mol. The van der Waals surface area contributed by atoms with Crippen LogP contribution in [0.4, 0.5) is 17.1 Å². The summed E-state index contributed by atoms with van der Waals surface area (Å²) in [6, 6.07) is 14.7. The Bertz CT molecular complexity index is 998. The lowest BCUT2D eigenvalue weighted by Crippen LogP contribution is -2.13. The lowest BCUT2D eigenvalue weighted by Gasteiger charge is -2.09. The van der Waals surface area contributed by atoms with Crippen LogP contribution in [0.5, 0.6) is 0 Å². The molecule has 3 aromatic rings. The molecule has 2 aromatic carbocycles. The molecule has 0 spiro atoms. The first-order valence-electron chi connectivity index (χ1n) is 7.95. The molecule has 0 aliphatic heterocycles. The van der Waals surface area contributed by atoms with Gasteiger partial charge in [0.05, 0.1) is 4.92 Å². The molecule has 2 amide bonds. The maximum absolute atomic E-state index is 12.5. The highest BCUT2D eigenvalue weighted by Gasteiger charge is 2.18. The van der Waals surface area contributed by atoms with Crippen LogP contribution in [0.2, 0.25) is 0 Å². The van der Waals surface area contributed by atoms with Crippen LogP contribution in [0.25, 0.3) is 10.4 Å². The van der Waals surface area contributed by atoms with Crippen molar-refractivity contribution in [3.63, 3.8) is 0 Å². The Morgan fingerprint density at radius 3 is 2.37 bits per heavy atom. The maximum atomic E-state index is 12.5.